The quantitative estimate of drug-likeness (QED) is 0.578. The first-order valence-corrected chi connectivity index (χ1v) is 7.07. The maximum absolute atomic E-state index is 9.42. The maximum Gasteiger partial charge on any atom is 0.0638 e. The van der Waals surface area contributed by atoms with Gasteiger partial charge in [0.25, 0.3) is 0 Å². The van der Waals surface area contributed by atoms with E-state index in [1.54, 1.807) is 0 Å². The van der Waals surface area contributed by atoms with Crippen LogP contribution in [0.3, 0.4) is 0 Å². The van der Waals surface area contributed by atoms with Crippen molar-refractivity contribution < 1.29 is 5.11 Å². The van der Waals surface area contributed by atoms with Crippen LogP contribution in [0.2, 0.25) is 0 Å². The number of rotatable bonds is 10. The molecule has 0 aliphatic rings. The predicted molar refractivity (Wildman–Crippen MR) is 75.4 cm³/mol. The highest BCUT2D eigenvalue weighted by Crippen LogP contribution is 2.26. The Morgan fingerprint density at radius 3 is 2.24 bits per heavy atom. The van der Waals surface area contributed by atoms with E-state index >= 15 is 0 Å². The molecule has 3 heteroatoms. The molecular formula is C14H32N2O. The lowest BCUT2D eigenvalue weighted by molar-refractivity contribution is 0.0987. The number of likely N-dealkylation sites (N-methyl/N-ethyl adjacent to an activating group) is 1. The fourth-order valence-electron chi connectivity index (χ4n) is 2.40. The van der Waals surface area contributed by atoms with Gasteiger partial charge in [0.1, 0.15) is 0 Å². The number of aliphatic hydroxyl groups is 1. The molecule has 0 bridgehead atoms. The highest BCUT2D eigenvalue weighted by molar-refractivity contribution is 4.82. The summed E-state index contributed by atoms with van der Waals surface area (Å²) < 4.78 is 0. The van der Waals surface area contributed by atoms with Crippen molar-refractivity contribution in [1.82, 2.24) is 10.2 Å². The molecule has 0 fully saturated rings. The third kappa shape index (κ3) is 7.02. The molecule has 0 saturated heterocycles. The highest BCUT2D eigenvalue weighted by atomic mass is 16.3. The van der Waals surface area contributed by atoms with Crippen molar-refractivity contribution in [3.63, 3.8) is 0 Å². The summed E-state index contributed by atoms with van der Waals surface area (Å²) in [4.78, 5) is 2.26. The van der Waals surface area contributed by atoms with Crippen LogP contribution >= 0.6 is 0 Å². The number of aliphatic hydroxyl groups excluding tert-OH is 1. The van der Waals surface area contributed by atoms with Crippen LogP contribution in [0.1, 0.15) is 47.0 Å². The number of hydrogen-bond donors (Lipinski definition) is 2. The molecule has 0 saturated carbocycles. The molecule has 17 heavy (non-hydrogen) atoms. The minimum Gasteiger partial charge on any atom is -0.392 e. The van der Waals surface area contributed by atoms with E-state index in [4.69, 9.17) is 0 Å². The van der Waals surface area contributed by atoms with E-state index in [0.29, 0.717) is 5.41 Å². The minimum absolute atomic E-state index is 0.241. The van der Waals surface area contributed by atoms with Gasteiger partial charge in [-0.25, -0.2) is 0 Å². The standard InChI is InChI=1S/C14H32N2O/c1-6-9-15-11-14(7-2,8-3)12-16(5)10-13(4)17/h13,15,17H,6-12H2,1-5H3. The monoisotopic (exact) mass is 244 g/mol. The van der Waals surface area contributed by atoms with Gasteiger partial charge >= 0.3 is 0 Å². The van der Waals surface area contributed by atoms with E-state index < -0.39 is 0 Å². The van der Waals surface area contributed by atoms with E-state index in [1.807, 2.05) is 6.92 Å². The fourth-order valence-corrected chi connectivity index (χ4v) is 2.40. The average Bonchev–Trinajstić information content (AvgIpc) is 2.27. The molecule has 0 heterocycles. The van der Waals surface area contributed by atoms with Crippen LogP contribution in [-0.4, -0.2) is 49.3 Å². The molecule has 2 N–H and O–H groups in total. The molecule has 0 rings (SSSR count). The SMILES string of the molecule is CCCNCC(CC)(CC)CN(C)CC(C)O. The lowest BCUT2D eigenvalue weighted by Crippen LogP contribution is -2.44. The third-order valence-corrected chi connectivity index (χ3v) is 3.61. The Morgan fingerprint density at radius 2 is 1.82 bits per heavy atom. The topological polar surface area (TPSA) is 35.5 Å². The predicted octanol–water partition coefficient (Wildman–Crippen LogP) is 2.11. The molecular weight excluding hydrogens is 212 g/mol. The van der Waals surface area contributed by atoms with Crippen molar-refractivity contribution in [1.29, 1.82) is 0 Å². The van der Waals surface area contributed by atoms with E-state index in [9.17, 15) is 5.11 Å². The Balaban J connectivity index is 4.27. The molecule has 104 valence electrons. The summed E-state index contributed by atoms with van der Waals surface area (Å²) in [6, 6.07) is 0. The summed E-state index contributed by atoms with van der Waals surface area (Å²) in [5, 5.41) is 13.0. The van der Waals surface area contributed by atoms with E-state index in [-0.39, 0.29) is 6.10 Å². The van der Waals surface area contributed by atoms with Crippen molar-refractivity contribution in [2.45, 2.75) is 53.1 Å². The van der Waals surface area contributed by atoms with Gasteiger partial charge in [-0.1, -0.05) is 20.8 Å². The van der Waals surface area contributed by atoms with Crippen molar-refractivity contribution >= 4 is 0 Å². The number of nitrogens with zero attached hydrogens (tertiary/aromatic N) is 1. The first-order chi connectivity index (χ1) is 7.99. The zero-order valence-electron chi connectivity index (χ0n) is 12.4. The van der Waals surface area contributed by atoms with Crippen LogP contribution in [0.25, 0.3) is 0 Å². The smallest absolute Gasteiger partial charge is 0.0638 e. The first kappa shape index (κ1) is 16.9. The zero-order valence-corrected chi connectivity index (χ0v) is 12.4. The van der Waals surface area contributed by atoms with Crippen LogP contribution in [0, 0.1) is 5.41 Å². The van der Waals surface area contributed by atoms with Crippen molar-refractivity contribution in [2.24, 2.45) is 5.41 Å². The Labute approximate surface area is 108 Å². The lowest BCUT2D eigenvalue weighted by atomic mass is 9.81. The van der Waals surface area contributed by atoms with Gasteiger partial charge in [0, 0.05) is 19.6 Å². The van der Waals surface area contributed by atoms with Crippen LogP contribution in [0.15, 0.2) is 0 Å². The Bertz CT molecular complexity index is 179. The summed E-state index contributed by atoms with van der Waals surface area (Å²) in [6.45, 7) is 12.6. The zero-order chi connectivity index (χ0) is 13.3. The van der Waals surface area contributed by atoms with Gasteiger partial charge in [-0.05, 0) is 45.2 Å². The van der Waals surface area contributed by atoms with Crippen LogP contribution in [0.4, 0.5) is 0 Å². The van der Waals surface area contributed by atoms with Crippen molar-refractivity contribution in [3.05, 3.63) is 0 Å². The summed E-state index contributed by atoms with van der Waals surface area (Å²) >= 11 is 0. The van der Waals surface area contributed by atoms with Crippen LogP contribution in [0.5, 0.6) is 0 Å². The maximum atomic E-state index is 9.42. The van der Waals surface area contributed by atoms with Crippen LogP contribution < -0.4 is 5.32 Å². The largest absolute Gasteiger partial charge is 0.392 e. The van der Waals surface area contributed by atoms with Gasteiger partial charge in [0.2, 0.25) is 0 Å². The second-order valence-corrected chi connectivity index (χ2v) is 5.43. The summed E-state index contributed by atoms with van der Waals surface area (Å²) in [5.41, 5.74) is 0.346. The third-order valence-electron chi connectivity index (χ3n) is 3.61. The number of hydrogen-bond acceptors (Lipinski definition) is 3. The molecule has 0 aromatic carbocycles. The van der Waals surface area contributed by atoms with Gasteiger partial charge in [-0.15, -0.1) is 0 Å². The molecule has 0 spiro atoms. The highest BCUT2D eigenvalue weighted by Gasteiger charge is 2.27. The number of nitrogens with one attached hydrogen (secondary N) is 1. The second kappa shape index (κ2) is 8.90. The van der Waals surface area contributed by atoms with Gasteiger partial charge in [0.15, 0.2) is 0 Å². The van der Waals surface area contributed by atoms with Gasteiger partial charge in [-0.2, -0.15) is 0 Å². The van der Waals surface area contributed by atoms with Crippen molar-refractivity contribution in [3.8, 4) is 0 Å². The van der Waals surface area contributed by atoms with Crippen LogP contribution in [-0.2, 0) is 0 Å². The minimum atomic E-state index is -0.241. The first-order valence-electron chi connectivity index (χ1n) is 7.07. The molecule has 0 aromatic heterocycles. The molecule has 0 aromatic rings. The van der Waals surface area contributed by atoms with E-state index in [0.717, 1.165) is 26.2 Å². The average molecular weight is 244 g/mol. The van der Waals surface area contributed by atoms with E-state index in [1.165, 1.54) is 19.3 Å². The molecule has 0 amide bonds. The molecule has 3 nitrogen and oxygen atoms in total. The fraction of sp³-hybridized carbons (Fsp3) is 1.00. The normalized spacial score (nSPS) is 14.3. The summed E-state index contributed by atoms with van der Waals surface area (Å²) in [7, 11) is 2.10. The molecule has 0 aliphatic carbocycles. The lowest BCUT2D eigenvalue weighted by Gasteiger charge is -2.36. The van der Waals surface area contributed by atoms with Gasteiger partial charge in [0.05, 0.1) is 6.10 Å². The van der Waals surface area contributed by atoms with Gasteiger partial charge in [-0.3, -0.25) is 0 Å². The molecule has 0 radical (unpaired) electrons. The Kier molecular flexibility index (Phi) is 8.83. The molecule has 1 unspecified atom stereocenters. The second-order valence-electron chi connectivity index (χ2n) is 5.43. The Morgan fingerprint density at radius 1 is 1.24 bits per heavy atom. The summed E-state index contributed by atoms with van der Waals surface area (Å²) in [6.07, 6.45) is 3.32. The van der Waals surface area contributed by atoms with Gasteiger partial charge < -0.3 is 15.3 Å². The molecule has 0 aliphatic heterocycles. The Hall–Kier alpha value is -0.120. The summed E-state index contributed by atoms with van der Waals surface area (Å²) in [5.74, 6) is 0. The molecule has 1 atom stereocenters. The van der Waals surface area contributed by atoms with E-state index in [2.05, 4.69) is 38.0 Å². The van der Waals surface area contributed by atoms with Crippen molar-refractivity contribution in [2.75, 3.05) is 33.2 Å².